The molecule has 3 rings (SSSR count). The van der Waals surface area contributed by atoms with Crippen LogP contribution in [0, 0.1) is 0 Å². The number of unbranched alkanes of at least 4 members (excludes halogenated alkanes) is 1. The Hall–Kier alpha value is -4.49. The highest BCUT2D eigenvalue weighted by molar-refractivity contribution is 5.79. The van der Waals surface area contributed by atoms with Gasteiger partial charge in [0.1, 0.15) is 12.6 Å². The predicted molar refractivity (Wildman–Crippen MR) is 154 cm³/mol. The largest absolute Gasteiger partial charge is 0.480 e. The van der Waals surface area contributed by atoms with E-state index in [1.165, 1.54) is 0 Å². The standard InChI is InChI=1S/C30H37N3O10/c34-26(31-13-6-5-11-25(29(39)40)33(17-27(35)36)18-28(37)38)12-15-42-16-14-32-30(41)43-19-24-22-9-3-1-7-20(22)21-8-2-4-10-23(21)24/h1-4,7-10,24-25H,5-6,11-19H2,(H,31,34)(H,32,41)(H,35,36)(H,37,38)(H,39,40). The molecule has 0 fully saturated rings. The zero-order valence-corrected chi connectivity index (χ0v) is 23.7. The van der Waals surface area contributed by atoms with Crippen LogP contribution in [0.5, 0.6) is 0 Å². The van der Waals surface area contributed by atoms with Crippen molar-refractivity contribution in [3.63, 3.8) is 0 Å². The lowest BCUT2D eigenvalue weighted by Gasteiger charge is -2.25. The number of carbonyl (C=O) groups is 5. The maximum absolute atomic E-state index is 12.2. The van der Waals surface area contributed by atoms with Crippen LogP contribution in [0.15, 0.2) is 48.5 Å². The number of carbonyl (C=O) groups excluding carboxylic acids is 2. The zero-order valence-electron chi connectivity index (χ0n) is 23.7. The van der Waals surface area contributed by atoms with E-state index in [-0.39, 0.29) is 57.6 Å². The highest BCUT2D eigenvalue weighted by Gasteiger charge is 2.30. The Morgan fingerprint density at radius 2 is 1.40 bits per heavy atom. The number of fused-ring (bicyclic) bond motifs is 3. The van der Waals surface area contributed by atoms with E-state index < -0.39 is 43.1 Å². The SMILES string of the molecule is O=C(O)CN(CC(=O)O)C(CCCCNC(=O)CCOCCNC(=O)OCC1c2ccccc2-c2ccccc21)C(=O)O. The number of carboxylic acid groups (broad SMARTS) is 3. The van der Waals surface area contributed by atoms with E-state index in [0.29, 0.717) is 12.8 Å². The molecule has 1 atom stereocenters. The third-order valence-corrected chi connectivity index (χ3v) is 6.96. The zero-order chi connectivity index (χ0) is 31.2. The van der Waals surface area contributed by atoms with Crippen LogP contribution >= 0.6 is 0 Å². The Morgan fingerprint density at radius 3 is 1.98 bits per heavy atom. The molecule has 5 N–H and O–H groups in total. The van der Waals surface area contributed by atoms with Crippen LogP contribution in [0.25, 0.3) is 11.1 Å². The van der Waals surface area contributed by atoms with Crippen molar-refractivity contribution >= 4 is 29.9 Å². The summed E-state index contributed by atoms with van der Waals surface area (Å²) < 4.78 is 10.9. The third kappa shape index (κ3) is 10.4. The minimum absolute atomic E-state index is 0.0323. The first-order valence-electron chi connectivity index (χ1n) is 14.0. The second kappa shape index (κ2) is 16.8. The van der Waals surface area contributed by atoms with Crippen LogP contribution in [0.3, 0.4) is 0 Å². The number of carboxylic acids is 3. The fourth-order valence-electron chi connectivity index (χ4n) is 5.01. The molecule has 0 radical (unpaired) electrons. The van der Waals surface area contributed by atoms with Gasteiger partial charge in [0.05, 0.1) is 26.3 Å². The first kappa shape index (κ1) is 33.0. The maximum atomic E-state index is 12.2. The molecule has 0 aliphatic heterocycles. The predicted octanol–water partition coefficient (Wildman–Crippen LogP) is 2.14. The van der Waals surface area contributed by atoms with E-state index in [0.717, 1.165) is 27.2 Å². The number of aliphatic carboxylic acids is 3. The van der Waals surface area contributed by atoms with Crippen molar-refractivity contribution in [1.29, 1.82) is 0 Å². The molecule has 2 amide bonds. The van der Waals surface area contributed by atoms with Gasteiger partial charge in [0.2, 0.25) is 5.91 Å². The Balaban J connectivity index is 1.24. The van der Waals surface area contributed by atoms with E-state index >= 15 is 0 Å². The molecule has 13 heteroatoms. The van der Waals surface area contributed by atoms with Gasteiger partial charge in [-0.2, -0.15) is 0 Å². The second-order valence-corrected chi connectivity index (χ2v) is 10.0. The average molecular weight is 600 g/mol. The van der Waals surface area contributed by atoms with Crippen molar-refractivity contribution in [1.82, 2.24) is 15.5 Å². The Labute approximate surface area is 248 Å². The van der Waals surface area contributed by atoms with Crippen molar-refractivity contribution in [2.45, 2.75) is 37.6 Å². The fourth-order valence-corrected chi connectivity index (χ4v) is 5.01. The van der Waals surface area contributed by atoms with E-state index in [1.807, 2.05) is 36.4 Å². The highest BCUT2D eigenvalue weighted by Crippen LogP contribution is 2.44. The number of nitrogens with one attached hydrogen (secondary N) is 2. The number of alkyl carbamates (subject to hydrolysis) is 1. The molecule has 0 saturated carbocycles. The number of hydrogen-bond donors (Lipinski definition) is 5. The maximum Gasteiger partial charge on any atom is 0.407 e. The van der Waals surface area contributed by atoms with Gasteiger partial charge in [0.15, 0.2) is 0 Å². The van der Waals surface area contributed by atoms with Crippen molar-refractivity contribution in [2.24, 2.45) is 0 Å². The van der Waals surface area contributed by atoms with Crippen molar-refractivity contribution in [2.75, 3.05) is 46.0 Å². The molecule has 2 aromatic carbocycles. The highest BCUT2D eigenvalue weighted by atomic mass is 16.5. The minimum atomic E-state index is -1.32. The molecule has 1 aliphatic rings. The molecule has 232 valence electrons. The number of benzene rings is 2. The minimum Gasteiger partial charge on any atom is -0.480 e. The lowest BCUT2D eigenvalue weighted by atomic mass is 9.98. The molecule has 0 spiro atoms. The molecule has 2 aromatic rings. The quantitative estimate of drug-likeness (QED) is 0.149. The second-order valence-electron chi connectivity index (χ2n) is 10.0. The van der Waals surface area contributed by atoms with Gasteiger partial charge < -0.3 is 35.4 Å². The molecule has 0 heterocycles. The van der Waals surface area contributed by atoms with Gasteiger partial charge >= 0.3 is 24.0 Å². The van der Waals surface area contributed by atoms with Crippen LogP contribution in [0.2, 0.25) is 0 Å². The van der Waals surface area contributed by atoms with Gasteiger partial charge in [-0.1, -0.05) is 48.5 Å². The van der Waals surface area contributed by atoms with Gasteiger partial charge in [0, 0.05) is 25.4 Å². The molecule has 1 unspecified atom stereocenters. The monoisotopic (exact) mass is 599 g/mol. The summed E-state index contributed by atoms with van der Waals surface area (Å²) in [5.41, 5.74) is 4.55. The summed E-state index contributed by atoms with van der Waals surface area (Å²) in [6.07, 6.45) is 0.334. The van der Waals surface area contributed by atoms with Gasteiger partial charge in [0.25, 0.3) is 0 Å². The Morgan fingerprint density at radius 1 is 0.791 bits per heavy atom. The lowest BCUT2D eigenvalue weighted by Crippen LogP contribution is -2.46. The van der Waals surface area contributed by atoms with Crippen molar-refractivity contribution in [3.8, 4) is 11.1 Å². The molecule has 13 nitrogen and oxygen atoms in total. The summed E-state index contributed by atoms with van der Waals surface area (Å²) in [5, 5.41) is 32.6. The summed E-state index contributed by atoms with van der Waals surface area (Å²) in [5.74, 6) is -4.26. The topological polar surface area (TPSA) is 192 Å². The normalized spacial score (nSPS) is 12.7. The summed E-state index contributed by atoms with van der Waals surface area (Å²) in [6, 6.07) is 14.9. The summed E-state index contributed by atoms with van der Waals surface area (Å²) in [6.45, 7) is -0.394. The van der Waals surface area contributed by atoms with E-state index in [1.54, 1.807) is 0 Å². The van der Waals surface area contributed by atoms with Crippen molar-refractivity contribution in [3.05, 3.63) is 59.7 Å². The summed E-state index contributed by atoms with van der Waals surface area (Å²) in [4.78, 5) is 58.6. The molecule has 0 bridgehead atoms. The molecule has 43 heavy (non-hydrogen) atoms. The molecule has 0 aromatic heterocycles. The van der Waals surface area contributed by atoms with Crippen LogP contribution in [-0.2, 0) is 28.7 Å². The molecule has 1 aliphatic carbocycles. The summed E-state index contributed by atoms with van der Waals surface area (Å²) in [7, 11) is 0. The number of amides is 2. The first-order chi connectivity index (χ1) is 20.7. The Kier molecular flexibility index (Phi) is 12.9. The average Bonchev–Trinajstić information content (AvgIpc) is 3.28. The number of hydrogen-bond acceptors (Lipinski definition) is 8. The third-order valence-electron chi connectivity index (χ3n) is 6.96. The van der Waals surface area contributed by atoms with Crippen LogP contribution < -0.4 is 10.6 Å². The van der Waals surface area contributed by atoms with Gasteiger partial charge in [-0.3, -0.25) is 24.1 Å². The Bertz CT molecular complexity index is 1220. The van der Waals surface area contributed by atoms with Gasteiger partial charge in [-0.25, -0.2) is 4.79 Å². The smallest absolute Gasteiger partial charge is 0.407 e. The lowest BCUT2D eigenvalue weighted by molar-refractivity contribution is -0.149. The van der Waals surface area contributed by atoms with Gasteiger partial charge in [-0.15, -0.1) is 0 Å². The van der Waals surface area contributed by atoms with Gasteiger partial charge in [-0.05, 0) is 41.5 Å². The molecule has 0 saturated heterocycles. The van der Waals surface area contributed by atoms with E-state index in [4.69, 9.17) is 19.7 Å². The van der Waals surface area contributed by atoms with Crippen molar-refractivity contribution < 1.29 is 48.8 Å². The summed E-state index contributed by atoms with van der Waals surface area (Å²) >= 11 is 0. The van der Waals surface area contributed by atoms with E-state index in [9.17, 15) is 29.1 Å². The van der Waals surface area contributed by atoms with Crippen LogP contribution in [0.4, 0.5) is 4.79 Å². The van der Waals surface area contributed by atoms with Crippen LogP contribution in [-0.4, -0.2) is 102 Å². The van der Waals surface area contributed by atoms with E-state index in [2.05, 4.69) is 22.8 Å². The fraction of sp³-hybridized carbons (Fsp3) is 0.433. The molecular weight excluding hydrogens is 562 g/mol. The molecular formula is C30H37N3O10. The number of rotatable bonds is 19. The number of nitrogens with zero attached hydrogens (tertiary/aromatic N) is 1. The van der Waals surface area contributed by atoms with Crippen LogP contribution in [0.1, 0.15) is 42.7 Å². The number of ether oxygens (including phenoxy) is 2. The first-order valence-corrected chi connectivity index (χ1v) is 14.0.